The zero-order valence-corrected chi connectivity index (χ0v) is 21.4. The largest absolute Gasteiger partial charge is 0.361 e. The van der Waals surface area contributed by atoms with E-state index in [1.165, 1.54) is 23.1 Å². The van der Waals surface area contributed by atoms with Crippen LogP contribution in [0.5, 0.6) is 0 Å². The number of ether oxygens (including phenoxy) is 1. The van der Waals surface area contributed by atoms with E-state index in [-0.39, 0.29) is 5.82 Å². The molecule has 4 nitrogen and oxygen atoms in total. The number of aromatic nitrogens is 1. The van der Waals surface area contributed by atoms with E-state index in [9.17, 15) is 9.65 Å². The van der Waals surface area contributed by atoms with Gasteiger partial charge >= 0.3 is 0 Å². The van der Waals surface area contributed by atoms with Crippen LogP contribution in [0, 0.1) is 17.1 Å². The van der Waals surface area contributed by atoms with Crippen molar-refractivity contribution in [1.82, 2.24) is 9.88 Å². The molecule has 3 aromatic carbocycles. The maximum absolute atomic E-state index is 13.7. The number of H-pyrrole nitrogens is 1. The van der Waals surface area contributed by atoms with Gasteiger partial charge in [-0.3, -0.25) is 0 Å². The quantitative estimate of drug-likeness (QED) is 0.295. The van der Waals surface area contributed by atoms with Crippen LogP contribution in [0.3, 0.4) is 0 Å². The first-order chi connectivity index (χ1) is 18.1. The molecular weight excluding hydrogens is 485 g/mol. The van der Waals surface area contributed by atoms with Crippen molar-refractivity contribution < 1.29 is 9.13 Å². The molecule has 1 saturated heterocycles. The SMILES string of the molecule is N#Cc1ccc2c(c1)COC2(CCCN1CCC(c2c[nH]c3cc(Cl)ccc23)CC1)c1ccc(F)cc1. The Hall–Kier alpha value is -3.17. The Balaban J connectivity index is 1.14. The zero-order chi connectivity index (χ0) is 25.4. The number of aromatic amines is 1. The molecule has 1 aromatic heterocycles. The predicted molar refractivity (Wildman–Crippen MR) is 144 cm³/mol. The Bertz CT molecular complexity index is 1470. The van der Waals surface area contributed by atoms with Gasteiger partial charge in [0, 0.05) is 22.1 Å². The van der Waals surface area contributed by atoms with Gasteiger partial charge in [0.05, 0.1) is 18.2 Å². The minimum Gasteiger partial charge on any atom is -0.361 e. The van der Waals surface area contributed by atoms with Gasteiger partial charge in [0.2, 0.25) is 0 Å². The molecule has 1 unspecified atom stereocenters. The lowest BCUT2D eigenvalue weighted by Crippen LogP contribution is -2.35. The average molecular weight is 514 g/mol. The molecule has 1 atom stereocenters. The highest BCUT2D eigenvalue weighted by Crippen LogP contribution is 2.46. The lowest BCUT2D eigenvalue weighted by Gasteiger charge is -2.34. The fourth-order valence-electron chi connectivity index (χ4n) is 6.24. The lowest BCUT2D eigenvalue weighted by atomic mass is 9.81. The molecule has 2 aliphatic rings. The zero-order valence-electron chi connectivity index (χ0n) is 20.6. The molecule has 1 N–H and O–H groups in total. The van der Waals surface area contributed by atoms with Crippen LogP contribution in [-0.2, 0) is 16.9 Å². The molecule has 188 valence electrons. The van der Waals surface area contributed by atoms with Crippen molar-refractivity contribution in [3.05, 3.63) is 106 Å². The van der Waals surface area contributed by atoms with Crippen LogP contribution in [0.2, 0.25) is 5.02 Å². The first kappa shape index (κ1) is 24.2. The summed E-state index contributed by atoms with van der Waals surface area (Å²) in [4.78, 5) is 5.94. The van der Waals surface area contributed by atoms with E-state index in [0.29, 0.717) is 18.1 Å². The Morgan fingerprint density at radius 1 is 1.08 bits per heavy atom. The van der Waals surface area contributed by atoms with Gasteiger partial charge in [0.1, 0.15) is 11.4 Å². The van der Waals surface area contributed by atoms with Gasteiger partial charge in [-0.05, 0) is 110 Å². The van der Waals surface area contributed by atoms with Crippen LogP contribution >= 0.6 is 11.6 Å². The third kappa shape index (κ3) is 4.55. The van der Waals surface area contributed by atoms with Crippen molar-refractivity contribution in [2.75, 3.05) is 19.6 Å². The van der Waals surface area contributed by atoms with Gasteiger partial charge in [-0.15, -0.1) is 0 Å². The summed E-state index contributed by atoms with van der Waals surface area (Å²) < 4.78 is 20.2. The van der Waals surface area contributed by atoms with Gasteiger partial charge in [0.25, 0.3) is 0 Å². The molecule has 2 aliphatic heterocycles. The summed E-state index contributed by atoms with van der Waals surface area (Å²) in [5.74, 6) is 0.300. The van der Waals surface area contributed by atoms with E-state index in [1.807, 2.05) is 42.5 Å². The minimum absolute atomic E-state index is 0.252. The monoisotopic (exact) mass is 513 g/mol. The summed E-state index contributed by atoms with van der Waals surface area (Å²) in [5.41, 5.74) is 5.64. The maximum atomic E-state index is 13.7. The van der Waals surface area contributed by atoms with Gasteiger partial charge in [-0.1, -0.05) is 35.9 Å². The molecule has 0 spiro atoms. The van der Waals surface area contributed by atoms with Crippen molar-refractivity contribution >= 4 is 22.5 Å². The molecule has 0 saturated carbocycles. The number of benzene rings is 3. The summed E-state index contributed by atoms with van der Waals surface area (Å²) in [7, 11) is 0. The molecule has 3 heterocycles. The number of hydrogen-bond donors (Lipinski definition) is 1. The fraction of sp³-hybridized carbons (Fsp3) is 0.323. The Kier molecular flexibility index (Phi) is 6.50. The summed E-state index contributed by atoms with van der Waals surface area (Å²) >= 11 is 6.16. The minimum atomic E-state index is -0.610. The number of piperidine rings is 1. The normalized spacial score (nSPS) is 20.2. The van der Waals surface area contributed by atoms with Gasteiger partial charge in [0.15, 0.2) is 0 Å². The van der Waals surface area contributed by atoms with Crippen LogP contribution in [-0.4, -0.2) is 29.5 Å². The van der Waals surface area contributed by atoms with Crippen LogP contribution in [0.1, 0.15) is 59.4 Å². The van der Waals surface area contributed by atoms with E-state index in [1.54, 1.807) is 0 Å². The van der Waals surface area contributed by atoms with E-state index in [4.69, 9.17) is 16.3 Å². The van der Waals surface area contributed by atoms with Gasteiger partial charge in [-0.2, -0.15) is 5.26 Å². The van der Waals surface area contributed by atoms with Crippen LogP contribution < -0.4 is 0 Å². The standard InChI is InChI=1S/C31H29ClFN3O/c32-25-5-8-27-28(19-35-30(27)17-25)22-10-14-36(15-11-22)13-1-12-31(24-3-6-26(33)7-4-24)29-9-2-21(18-34)16-23(29)20-37-31/h2-9,16-17,19,22,35H,1,10-15,20H2. The second-order valence-corrected chi connectivity index (χ2v) is 10.7. The Labute approximate surface area is 221 Å². The average Bonchev–Trinajstić information content (AvgIpc) is 3.51. The second-order valence-electron chi connectivity index (χ2n) is 10.3. The molecule has 6 rings (SSSR count). The highest BCUT2D eigenvalue weighted by atomic mass is 35.5. The molecule has 0 amide bonds. The number of halogens is 2. The highest BCUT2D eigenvalue weighted by Gasteiger charge is 2.41. The van der Waals surface area contributed by atoms with Crippen molar-refractivity contribution in [1.29, 1.82) is 5.26 Å². The second kappa shape index (κ2) is 9.95. The summed E-state index contributed by atoms with van der Waals surface area (Å²) in [5, 5.41) is 11.4. The van der Waals surface area contributed by atoms with Crippen LogP contribution in [0.4, 0.5) is 4.39 Å². The molecular formula is C31H29ClFN3O. The van der Waals surface area contributed by atoms with Crippen molar-refractivity contribution in [2.24, 2.45) is 0 Å². The molecule has 37 heavy (non-hydrogen) atoms. The smallest absolute Gasteiger partial charge is 0.123 e. The van der Waals surface area contributed by atoms with Gasteiger partial charge < -0.3 is 14.6 Å². The van der Waals surface area contributed by atoms with E-state index < -0.39 is 5.60 Å². The van der Waals surface area contributed by atoms with E-state index in [0.717, 1.165) is 72.5 Å². The Morgan fingerprint density at radius 3 is 2.68 bits per heavy atom. The third-order valence-corrected chi connectivity index (χ3v) is 8.40. The van der Waals surface area contributed by atoms with Crippen LogP contribution in [0.15, 0.2) is 66.9 Å². The molecule has 0 aliphatic carbocycles. The highest BCUT2D eigenvalue weighted by molar-refractivity contribution is 6.31. The number of nitrogens with zero attached hydrogens (tertiary/aromatic N) is 2. The first-order valence-electron chi connectivity index (χ1n) is 13.0. The number of likely N-dealkylation sites (tertiary alicyclic amines) is 1. The maximum Gasteiger partial charge on any atom is 0.123 e. The van der Waals surface area contributed by atoms with E-state index >= 15 is 0 Å². The molecule has 6 heteroatoms. The molecule has 1 fully saturated rings. The Morgan fingerprint density at radius 2 is 1.89 bits per heavy atom. The topological polar surface area (TPSA) is 52.0 Å². The first-order valence-corrected chi connectivity index (χ1v) is 13.4. The summed E-state index contributed by atoms with van der Waals surface area (Å²) in [6.45, 7) is 3.59. The van der Waals surface area contributed by atoms with Crippen molar-refractivity contribution in [3.8, 4) is 6.07 Å². The van der Waals surface area contributed by atoms with Gasteiger partial charge in [-0.25, -0.2) is 4.39 Å². The molecule has 0 radical (unpaired) electrons. The number of hydrogen-bond acceptors (Lipinski definition) is 3. The third-order valence-electron chi connectivity index (χ3n) is 8.16. The number of fused-ring (bicyclic) bond motifs is 2. The van der Waals surface area contributed by atoms with Crippen molar-refractivity contribution in [2.45, 2.75) is 43.8 Å². The number of nitriles is 1. The molecule has 4 aromatic rings. The summed E-state index contributed by atoms with van der Waals surface area (Å²) in [6.07, 6.45) is 6.19. The van der Waals surface area contributed by atoms with Crippen molar-refractivity contribution in [3.63, 3.8) is 0 Å². The molecule has 0 bridgehead atoms. The number of nitrogens with one attached hydrogen (secondary N) is 1. The van der Waals surface area contributed by atoms with Crippen LogP contribution in [0.25, 0.3) is 10.9 Å². The van der Waals surface area contributed by atoms with E-state index in [2.05, 4.69) is 28.2 Å². The number of rotatable bonds is 6. The fourth-order valence-corrected chi connectivity index (χ4v) is 6.41. The lowest BCUT2D eigenvalue weighted by molar-refractivity contribution is -0.0149. The summed E-state index contributed by atoms with van der Waals surface area (Å²) in [6, 6.07) is 20.8. The predicted octanol–water partition coefficient (Wildman–Crippen LogP) is 7.27.